The first-order chi connectivity index (χ1) is 9.95. The van der Waals surface area contributed by atoms with Crippen molar-refractivity contribution in [1.82, 2.24) is 5.32 Å². The monoisotopic (exact) mass is 309 g/mol. The normalized spacial score (nSPS) is 20.3. The summed E-state index contributed by atoms with van der Waals surface area (Å²) in [5.41, 5.74) is 2.14. The highest BCUT2D eigenvalue weighted by atomic mass is 32.2. The van der Waals surface area contributed by atoms with E-state index in [9.17, 15) is 13.2 Å². The SMILES string of the molecule is Cc1ccc(NC(=O)NC2CC2)cc1N1CCCS1(=O)=O. The molecular formula is C14H19N3O3S. The summed E-state index contributed by atoms with van der Waals surface area (Å²) < 4.78 is 25.5. The zero-order valence-electron chi connectivity index (χ0n) is 11.9. The van der Waals surface area contributed by atoms with Gasteiger partial charge in [0.25, 0.3) is 0 Å². The van der Waals surface area contributed by atoms with Gasteiger partial charge >= 0.3 is 6.03 Å². The number of nitrogens with one attached hydrogen (secondary N) is 2. The van der Waals surface area contributed by atoms with Crippen LogP contribution in [-0.2, 0) is 10.0 Å². The van der Waals surface area contributed by atoms with Crippen LogP contribution >= 0.6 is 0 Å². The topological polar surface area (TPSA) is 78.5 Å². The Balaban J connectivity index is 1.80. The van der Waals surface area contributed by atoms with E-state index in [-0.39, 0.29) is 17.8 Å². The molecule has 1 aliphatic carbocycles. The molecule has 0 radical (unpaired) electrons. The lowest BCUT2D eigenvalue weighted by Crippen LogP contribution is -2.30. The Morgan fingerprint density at radius 2 is 2.10 bits per heavy atom. The van der Waals surface area contributed by atoms with E-state index in [1.54, 1.807) is 12.1 Å². The Labute approximate surface area is 124 Å². The van der Waals surface area contributed by atoms with Gasteiger partial charge < -0.3 is 10.6 Å². The van der Waals surface area contributed by atoms with Gasteiger partial charge in [-0.1, -0.05) is 6.07 Å². The molecule has 2 aliphatic rings. The smallest absolute Gasteiger partial charge is 0.319 e. The molecule has 1 aliphatic heterocycles. The second kappa shape index (κ2) is 5.22. The van der Waals surface area contributed by atoms with Crippen LogP contribution in [0.2, 0.25) is 0 Å². The van der Waals surface area contributed by atoms with Crippen molar-refractivity contribution < 1.29 is 13.2 Å². The quantitative estimate of drug-likeness (QED) is 0.894. The second-order valence-corrected chi connectivity index (χ2v) is 7.63. The van der Waals surface area contributed by atoms with Gasteiger partial charge in [-0.3, -0.25) is 4.31 Å². The van der Waals surface area contributed by atoms with E-state index in [4.69, 9.17) is 0 Å². The van der Waals surface area contributed by atoms with Crippen molar-refractivity contribution in [1.29, 1.82) is 0 Å². The number of aryl methyl sites for hydroxylation is 1. The van der Waals surface area contributed by atoms with Crippen LogP contribution in [0.4, 0.5) is 16.2 Å². The lowest BCUT2D eigenvalue weighted by molar-refractivity contribution is 0.251. The Hall–Kier alpha value is -1.76. The molecule has 1 aromatic carbocycles. The van der Waals surface area contributed by atoms with Crippen LogP contribution in [0.1, 0.15) is 24.8 Å². The highest BCUT2D eigenvalue weighted by Crippen LogP contribution is 2.30. The lowest BCUT2D eigenvalue weighted by Gasteiger charge is -2.20. The van der Waals surface area contributed by atoms with Gasteiger partial charge in [0.05, 0.1) is 11.4 Å². The van der Waals surface area contributed by atoms with Crippen LogP contribution in [0.25, 0.3) is 0 Å². The highest BCUT2D eigenvalue weighted by Gasteiger charge is 2.29. The maximum Gasteiger partial charge on any atom is 0.319 e. The molecule has 0 atom stereocenters. The largest absolute Gasteiger partial charge is 0.335 e. The molecule has 2 amide bonds. The molecule has 0 spiro atoms. The van der Waals surface area contributed by atoms with Gasteiger partial charge in [-0.15, -0.1) is 0 Å². The molecular weight excluding hydrogens is 290 g/mol. The van der Waals surface area contributed by atoms with E-state index in [1.165, 1.54) is 4.31 Å². The van der Waals surface area contributed by atoms with Gasteiger partial charge in [-0.2, -0.15) is 0 Å². The van der Waals surface area contributed by atoms with Gasteiger partial charge in [0.15, 0.2) is 0 Å². The number of hydrogen-bond donors (Lipinski definition) is 2. The molecule has 1 heterocycles. The summed E-state index contributed by atoms with van der Waals surface area (Å²) >= 11 is 0. The number of urea groups is 1. The highest BCUT2D eigenvalue weighted by molar-refractivity contribution is 7.93. The molecule has 0 aromatic heterocycles. The average molecular weight is 309 g/mol. The number of nitrogens with zero attached hydrogens (tertiary/aromatic N) is 1. The van der Waals surface area contributed by atoms with Crippen molar-refractivity contribution in [3.63, 3.8) is 0 Å². The Kier molecular flexibility index (Phi) is 3.52. The zero-order valence-corrected chi connectivity index (χ0v) is 12.7. The zero-order chi connectivity index (χ0) is 15.0. The minimum absolute atomic E-state index is 0.187. The summed E-state index contributed by atoms with van der Waals surface area (Å²) in [6.07, 6.45) is 2.69. The molecule has 6 nitrogen and oxygen atoms in total. The van der Waals surface area contributed by atoms with Crippen LogP contribution in [0, 0.1) is 6.92 Å². The van der Waals surface area contributed by atoms with Crippen LogP contribution in [-0.4, -0.2) is 32.8 Å². The predicted molar refractivity (Wildman–Crippen MR) is 82.1 cm³/mol. The molecule has 1 saturated carbocycles. The van der Waals surface area contributed by atoms with Crippen molar-refractivity contribution in [2.45, 2.75) is 32.2 Å². The summed E-state index contributed by atoms with van der Waals surface area (Å²) in [4.78, 5) is 11.8. The van der Waals surface area contributed by atoms with Crippen molar-refractivity contribution >= 4 is 27.4 Å². The summed E-state index contributed by atoms with van der Waals surface area (Å²) in [6, 6.07) is 5.39. The number of sulfonamides is 1. The third kappa shape index (κ3) is 3.12. The number of amides is 2. The lowest BCUT2D eigenvalue weighted by atomic mass is 10.1. The van der Waals surface area contributed by atoms with Gasteiger partial charge in [0, 0.05) is 18.3 Å². The number of benzene rings is 1. The summed E-state index contributed by atoms with van der Waals surface area (Å²) in [6.45, 7) is 2.37. The van der Waals surface area contributed by atoms with E-state index in [1.807, 2.05) is 13.0 Å². The standard InChI is InChI=1S/C14H19N3O3S/c1-10-3-4-12(16-14(18)15-11-5-6-11)9-13(10)17-7-2-8-21(17,19)20/h3-4,9,11H,2,5-8H2,1H3,(H2,15,16,18). The molecule has 2 fully saturated rings. The third-order valence-electron chi connectivity index (χ3n) is 3.75. The summed E-state index contributed by atoms with van der Waals surface area (Å²) in [5.74, 6) is 0.187. The molecule has 114 valence electrons. The second-order valence-electron chi connectivity index (χ2n) is 5.62. The van der Waals surface area contributed by atoms with Crippen LogP contribution in [0.5, 0.6) is 0 Å². The first-order valence-corrected chi connectivity index (χ1v) is 8.75. The van der Waals surface area contributed by atoms with E-state index >= 15 is 0 Å². The number of hydrogen-bond acceptors (Lipinski definition) is 3. The molecule has 21 heavy (non-hydrogen) atoms. The molecule has 7 heteroatoms. The van der Waals surface area contributed by atoms with Gasteiger partial charge in [-0.25, -0.2) is 13.2 Å². The third-order valence-corrected chi connectivity index (χ3v) is 5.60. The van der Waals surface area contributed by atoms with Gasteiger partial charge in [-0.05, 0) is 43.9 Å². The molecule has 2 N–H and O–H groups in total. The molecule has 0 bridgehead atoms. The van der Waals surface area contributed by atoms with Crippen LogP contribution in [0.15, 0.2) is 18.2 Å². The van der Waals surface area contributed by atoms with Gasteiger partial charge in [0.2, 0.25) is 10.0 Å². The minimum atomic E-state index is -3.21. The number of rotatable bonds is 3. The molecule has 3 rings (SSSR count). The number of anilines is 2. The minimum Gasteiger partial charge on any atom is -0.335 e. The van der Waals surface area contributed by atoms with E-state index in [0.717, 1.165) is 18.4 Å². The average Bonchev–Trinajstić information content (AvgIpc) is 3.14. The Bertz CT molecular complexity index is 668. The van der Waals surface area contributed by atoms with Crippen molar-refractivity contribution in [2.75, 3.05) is 21.9 Å². The van der Waals surface area contributed by atoms with E-state index in [0.29, 0.717) is 24.3 Å². The number of carbonyl (C=O) groups excluding carboxylic acids is 1. The Morgan fingerprint density at radius 3 is 2.71 bits per heavy atom. The number of carbonyl (C=O) groups is 1. The maximum atomic E-state index is 12.0. The first kappa shape index (κ1) is 14.2. The van der Waals surface area contributed by atoms with E-state index in [2.05, 4.69) is 10.6 Å². The predicted octanol–water partition coefficient (Wildman–Crippen LogP) is 1.82. The van der Waals surface area contributed by atoms with Crippen molar-refractivity contribution in [3.8, 4) is 0 Å². The van der Waals surface area contributed by atoms with Crippen molar-refractivity contribution in [3.05, 3.63) is 23.8 Å². The van der Waals surface area contributed by atoms with Crippen LogP contribution in [0.3, 0.4) is 0 Å². The fraction of sp³-hybridized carbons (Fsp3) is 0.500. The Morgan fingerprint density at radius 1 is 1.33 bits per heavy atom. The summed E-state index contributed by atoms with van der Waals surface area (Å²) in [5, 5.41) is 5.60. The maximum absolute atomic E-state index is 12.0. The van der Waals surface area contributed by atoms with Crippen molar-refractivity contribution in [2.24, 2.45) is 0 Å². The molecule has 1 saturated heterocycles. The first-order valence-electron chi connectivity index (χ1n) is 7.14. The van der Waals surface area contributed by atoms with E-state index < -0.39 is 10.0 Å². The molecule has 0 unspecified atom stereocenters. The summed E-state index contributed by atoms with van der Waals surface area (Å²) in [7, 11) is -3.21. The fourth-order valence-corrected chi connectivity index (χ4v) is 4.06. The fourth-order valence-electron chi connectivity index (χ4n) is 2.45. The van der Waals surface area contributed by atoms with Crippen LogP contribution < -0.4 is 14.9 Å². The molecule has 1 aromatic rings. The van der Waals surface area contributed by atoms with Gasteiger partial charge in [0.1, 0.15) is 0 Å².